The van der Waals surface area contributed by atoms with Gasteiger partial charge < -0.3 is 10.0 Å². The van der Waals surface area contributed by atoms with Crippen molar-refractivity contribution in [1.82, 2.24) is 15.1 Å². The SMILES string of the molecule is O=C(O)C1CCCCN1C(=O)c1cc(-c2ccccc2Cl)n[nH]1. The second-order valence-corrected chi connectivity index (χ2v) is 5.90. The molecule has 0 saturated carbocycles. The first-order valence-electron chi connectivity index (χ1n) is 7.42. The Balaban J connectivity index is 1.86. The zero-order chi connectivity index (χ0) is 16.4. The van der Waals surface area contributed by atoms with Crippen LogP contribution in [-0.4, -0.2) is 44.7 Å². The molecule has 0 radical (unpaired) electrons. The second kappa shape index (κ2) is 6.42. The number of aromatic nitrogens is 2. The summed E-state index contributed by atoms with van der Waals surface area (Å²) in [6.07, 6.45) is 2.10. The Morgan fingerprint density at radius 1 is 1.30 bits per heavy atom. The first kappa shape index (κ1) is 15.6. The van der Waals surface area contributed by atoms with Crippen LogP contribution >= 0.6 is 11.6 Å². The third-order valence-electron chi connectivity index (χ3n) is 4.01. The molecule has 3 rings (SSSR count). The maximum absolute atomic E-state index is 12.6. The summed E-state index contributed by atoms with van der Waals surface area (Å²) >= 11 is 6.13. The van der Waals surface area contributed by atoms with Crippen molar-refractivity contribution in [1.29, 1.82) is 0 Å². The molecule has 2 aromatic rings. The molecule has 1 unspecified atom stereocenters. The monoisotopic (exact) mass is 333 g/mol. The summed E-state index contributed by atoms with van der Waals surface area (Å²) in [7, 11) is 0. The largest absolute Gasteiger partial charge is 0.480 e. The van der Waals surface area contributed by atoms with Crippen molar-refractivity contribution in [2.45, 2.75) is 25.3 Å². The minimum atomic E-state index is -0.969. The van der Waals surface area contributed by atoms with Crippen molar-refractivity contribution in [2.75, 3.05) is 6.54 Å². The number of aliphatic carboxylic acids is 1. The van der Waals surface area contributed by atoms with E-state index in [0.717, 1.165) is 18.4 Å². The van der Waals surface area contributed by atoms with Crippen molar-refractivity contribution in [3.05, 3.63) is 41.0 Å². The highest BCUT2D eigenvalue weighted by Gasteiger charge is 2.33. The number of carbonyl (C=O) groups is 2. The standard InChI is InChI=1S/C16H16ClN3O3/c17-11-6-2-1-5-10(11)12-9-13(19-18-12)15(21)20-8-4-3-7-14(20)16(22)23/h1-2,5-6,9,14H,3-4,7-8H2,(H,18,19)(H,22,23). The molecule has 23 heavy (non-hydrogen) atoms. The minimum Gasteiger partial charge on any atom is -0.480 e. The Morgan fingerprint density at radius 2 is 2.09 bits per heavy atom. The summed E-state index contributed by atoms with van der Waals surface area (Å²) in [5, 5.41) is 16.7. The minimum absolute atomic E-state index is 0.271. The zero-order valence-electron chi connectivity index (χ0n) is 12.3. The van der Waals surface area contributed by atoms with Gasteiger partial charge in [0.15, 0.2) is 0 Å². The number of hydrogen-bond acceptors (Lipinski definition) is 3. The van der Waals surface area contributed by atoms with Crippen molar-refractivity contribution >= 4 is 23.5 Å². The molecule has 0 bridgehead atoms. The number of H-pyrrole nitrogens is 1. The highest BCUT2D eigenvalue weighted by molar-refractivity contribution is 6.33. The summed E-state index contributed by atoms with van der Waals surface area (Å²) in [5.41, 5.74) is 1.55. The predicted molar refractivity (Wildman–Crippen MR) is 85.3 cm³/mol. The van der Waals surface area contributed by atoms with E-state index in [1.807, 2.05) is 18.2 Å². The molecule has 1 atom stereocenters. The Hall–Kier alpha value is -2.34. The molecule has 1 saturated heterocycles. The number of nitrogens with zero attached hydrogens (tertiary/aromatic N) is 2. The molecule has 6 nitrogen and oxygen atoms in total. The summed E-state index contributed by atoms with van der Waals surface area (Å²) in [4.78, 5) is 25.3. The number of carboxylic acid groups (broad SMARTS) is 1. The lowest BCUT2D eigenvalue weighted by Crippen LogP contribution is -2.48. The van der Waals surface area contributed by atoms with E-state index in [9.17, 15) is 14.7 Å². The second-order valence-electron chi connectivity index (χ2n) is 5.50. The average molecular weight is 334 g/mol. The number of piperidine rings is 1. The fraction of sp³-hybridized carbons (Fsp3) is 0.312. The lowest BCUT2D eigenvalue weighted by Gasteiger charge is -2.32. The van der Waals surface area contributed by atoms with Crippen LogP contribution in [0.1, 0.15) is 29.8 Å². The van der Waals surface area contributed by atoms with E-state index in [-0.39, 0.29) is 11.6 Å². The van der Waals surface area contributed by atoms with Gasteiger partial charge in [0.1, 0.15) is 11.7 Å². The van der Waals surface area contributed by atoms with Crippen LogP contribution in [0.2, 0.25) is 5.02 Å². The lowest BCUT2D eigenvalue weighted by molar-refractivity contribution is -0.143. The first-order valence-corrected chi connectivity index (χ1v) is 7.80. The van der Waals surface area contributed by atoms with Crippen molar-refractivity contribution in [2.24, 2.45) is 0 Å². The number of benzene rings is 1. The van der Waals surface area contributed by atoms with Crippen LogP contribution in [-0.2, 0) is 4.79 Å². The highest BCUT2D eigenvalue weighted by Crippen LogP contribution is 2.27. The summed E-state index contributed by atoms with van der Waals surface area (Å²) < 4.78 is 0. The molecule has 7 heteroatoms. The fourth-order valence-electron chi connectivity index (χ4n) is 2.82. The number of carbonyl (C=O) groups excluding carboxylic acids is 1. The molecule has 1 aliphatic rings. The van der Waals surface area contributed by atoms with Crippen LogP contribution in [0.4, 0.5) is 0 Å². The van der Waals surface area contributed by atoms with Crippen LogP contribution < -0.4 is 0 Å². The molecular weight excluding hydrogens is 318 g/mol. The normalized spacial score (nSPS) is 18.0. The number of hydrogen-bond donors (Lipinski definition) is 2. The first-order chi connectivity index (χ1) is 11.1. The van der Waals surface area contributed by atoms with E-state index in [1.165, 1.54) is 4.90 Å². The number of rotatable bonds is 3. The Kier molecular flexibility index (Phi) is 4.34. The van der Waals surface area contributed by atoms with Crippen LogP contribution in [0.3, 0.4) is 0 Å². The van der Waals surface area contributed by atoms with Crippen LogP contribution in [0, 0.1) is 0 Å². The summed E-state index contributed by atoms with van der Waals surface area (Å²) in [6.45, 7) is 0.441. The van der Waals surface area contributed by atoms with Gasteiger partial charge in [0.05, 0.1) is 10.7 Å². The third-order valence-corrected chi connectivity index (χ3v) is 4.34. The third kappa shape index (κ3) is 3.07. The van der Waals surface area contributed by atoms with E-state index in [1.54, 1.807) is 12.1 Å². The number of halogens is 1. The van der Waals surface area contributed by atoms with Gasteiger partial charge in [-0.2, -0.15) is 5.10 Å². The lowest BCUT2D eigenvalue weighted by atomic mass is 10.0. The van der Waals surface area contributed by atoms with E-state index >= 15 is 0 Å². The maximum Gasteiger partial charge on any atom is 0.326 e. The summed E-state index contributed by atoms with van der Waals surface area (Å²) in [6, 6.07) is 8.05. The molecule has 2 N–H and O–H groups in total. The van der Waals surface area contributed by atoms with Crippen molar-refractivity contribution < 1.29 is 14.7 Å². The van der Waals surface area contributed by atoms with Gasteiger partial charge in [-0.1, -0.05) is 29.8 Å². The quantitative estimate of drug-likeness (QED) is 0.904. The maximum atomic E-state index is 12.6. The van der Waals surface area contributed by atoms with Crippen LogP contribution in [0.5, 0.6) is 0 Å². The molecule has 1 fully saturated rings. The Bertz CT molecular complexity index is 744. The number of amides is 1. The van der Waals surface area contributed by atoms with Gasteiger partial charge in [0, 0.05) is 12.1 Å². The predicted octanol–water partition coefficient (Wildman–Crippen LogP) is 2.81. The number of likely N-dealkylation sites (tertiary alicyclic amines) is 1. The van der Waals surface area contributed by atoms with E-state index in [4.69, 9.17) is 11.6 Å². The van der Waals surface area contributed by atoms with Crippen LogP contribution in [0.25, 0.3) is 11.3 Å². The van der Waals surface area contributed by atoms with E-state index < -0.39 is 12.0 Å². The van der Waals surface area contributed by atoms with E-state index in [2.05, 4.69) is 10.2 Å². The Morgan fingerprint density at radius 3 is 2.83 bits per heavy atom. The van der Waals surface area contributed by atoms with E-state index in [0.29, 0.717) is 23.7 Å². The van der Waals surface area contributed by atoms with Gasteiger partial charge in [-0.25, -0.2) is 4.79 Å². The van der Waals surface area contributed by atoms with Gasteiger partial charge in [-0.3, -0.25) is 9.89 Å². The molecule has 1 aromatic heterocycles. The molecule has 2 heterocycles. The zero-order valence-corrected chi connectivity index (χ0v) is 13.1. The fourth-order valence-corrected chi connectivity index (χ4v) is 3.06. The molecule has 1 aliphatic heterocycles. The highest BCUT2D eigenvalue weighted by atomic mass is 35.5. The van der Waals surface area contributed by atoms with Gasteiger partial charge in [0.25, 0.3) is 5.91 Å². The van der Waals surface area contributed by atoms with Crippen molar-refractivity contribution in [3.8, 4) is 11.3 Å². The van der Waals surface area contributed by atoms with Gasteiger partial charge in [-0.05, 0) is 31.4 Å². The molecule has 1 aromatic carbocycles. The number of aromatic amines is 1. The molecular formula is C16H16ClN3O3. The van der Waals surface area contributed by atoms with Crippen molar-refractivity contribution in [3.63, 3.8) is 0 Å². The van der Waals surface area contributed by atoms with Gasteiger partial charge in [-0.15, -0.1) is 0 Å². The summed E-state index contributed by atoms with van der Waals surface area (Å²) in [5.74, 6) is -1.31. The average Bonchev–Trinajstić information content (AvgIpc) is 3.04. The molecule has 0 spiro atoms. The van der Waals surface area contributed by atoms with Crippen LogP contribution in [0.15, 0.2) is 30.3 Å². The number of nitrogens with one attached hydrogen (secondary N) is 1. The molecule has 120 valence electrons. The number of carboxylic acids is 1. The molecule has 0 aliphatic carbocycles. The van der Waals surface area contributed by atoms with Gasteiger partial charge >= 0.3 is 5.97 Å². The smallest absolute Gasteiger partial charge is 0.326 e. The molecule has 1 amide bonds. The topological polar surface area (TPSA) is 86.3 Å². The Labute approximate surface area is 138 Å². The van der Waals surface area contributed by atoms with Gasteiger partial charge in [0.2, 0.25) is 0 Å².